The average Bonchev–Trinajstić information content (AvgIpc) is 2.76. The molecule has 0 spiro atoms. The van der Waals surface area contributed by atoms with Gasteiger partial charge in [-0.15, -0.1) is 0 Å². The van der Waals surface area contributed by atoms with Gasteiger partial charge in [-0.3, -0.25) is 4.79 Å². The Bertz CT molecular complexity index is 400. The molecule has 0 bridgehead atoms. The number of carbonyl (C=O) groups is 1. The number of carbonyl (C=O) groups excluding carboxylic acids is 1. The lowest BCUT2D eigenvalue weighted by Gasteiger charge is -2.12. The van der Waals surface area contributed by atoms with Crippen LogP contribution in [0.4, 0.5) is 5.69 Å². The fourth-order valence-corrected chi connectivity index (χ4v) is 2.08. The third-order valence-electron chi connectivity index (χ3n) is 2.60. The number of aryl methyl sites for hydroxylation is 1. The quantitative estimate of drug-likeness (QED) is 0.906. The molecule has 0 unspecified atom stereocenters. The first-order valence-electron chi connectivity index (χ1n) is 5.35. The maximum Gasteiger partial charge on any atom is 0.253 e. The normalized spacial score (nSPS) is 19.8. The van der Waals surface area contributed by atoms with Crippen LogP contribution in [0.3, 0.4) is 0 Å². The van der Waals surface area contributed by atoms with E-state index in [4.69, 9.17) is 4.74 Å². The van der Waals surface area contributed by atoms with Gasteiger partial charge in [-0.1, -0.05) is 6.07 Å². The molecular weight excluding hydrogens is 270 g/mol. The van der Waals surface area contributed by atoms with Crippen LogP contribution in [0, 0.1) is 6.92 Å². The lowest BCUT2D eigenvalue weighted by molar-refractivity contribution is -0.124. The van der Waals surface area contributed by atoms with Gasteiger partial charge in [-0.05, 0) is 53.4 Å². The average molecular weight is 284 g/mol. The summed E-state index contributed by atoms with van der Waals surface area (Å²) >= 11 is 3.41. The van der Waals surface area contributed by atoms with Gasteiger partial charge >= 0.3 is 0 Å². The van der Waals surface area contributed by atoms with Gasteiger partial charge in [0.25, 0.3) is 5.91 Å². The van der Waals surface area contributed by atoms with E-state index in [0.29, 0.717) is 6.61 Å². The van der Waals surface area contributed by atoms with Crippen LogP contribution in [0.15, 0.2) is 22.7 Å². The Labute approximate surface area is 103 Å². The van der Waals surface area contributed by atoms with Crippen LogP contribution in [0.5, 0.6) is 0 Å². The highest BCUT2D eigenvalue weighted by molar-refractivity contribution is 9.10. The number of amides is 1. The van der Waals surface area contributed by atoms with Crippen molar-refractivity contribution < 1.29 is 9.53 Å². The predicted molar refractivity (Wildman–Crippen MR) is 66.5 cm³/mol. The van der Waals surface area contributed by atoms with E-state index >= 15 is 0 Å². The number of rotatable bonds is 2. The molecular formula is C12H14BrNO2. The van der Waals surface area contributed by atoms with Crippen molar-refractivity contribution in [3.05, 3.63) is 28.2 Å². The molecule has 1 aromatic rings. The minimum Gasteiger partial charge on any atom is -0.368 e. The Balaban J connectivity index is 2.07. The second-order valence-corrected chi connectivity index (χ2v) is 4.83. The molecule has 0 aromatic heterocycles. The summed E-state index contributed by atoms with van der Waals surface area (Å²) in [6.45, 7) is 2.68. The smallest absolute Gasteiger partial charge is 0.253 e. The zero-order valence-electron chi connectivity index (χ0n) is 9.13. The maximum absolute atomic E-state index is 11.8. The summed E-state index contributed by atoms with van der Waals surface area (Å²) < 4.78 is 6.22. The molecule has 1 aliphatic heterocycles. The van der Waals surface area contributed by atoms with Crippen molar-refractivity contribution in [3.8, 4) is 0 Å². The van der Waals surface area contributed by atoms with Gasteiger partial charge in [-0.25, -0.2) is 0 Å². The highest BCUT2D eigenvalue weighted by atomic mass is 79.9. The molecule has 1 fully saturated rings. The van der Waals surface area contributed by atoms with Gasteiger partial charge in [0.2, 0.25) is 0 Å². The van der Waals surface area contributed by atoms with Gasteiger partial charge in [0.15, 0.2) is 0 Å². The Morgan fingerprint density at radius 1 is 1.56 bits per heavy atom. The summed E-state index contributed by atoms with van der Waals surface area (Å²) in [5.74, 6) is -0.0520. The van der Waals surface area contributed by atoms with E-state index < -0.39 is 0 Å². The summed E-state index contributed by atoms with van der Waals surface area (Å²) in [6, 6.07) is 5.86. The molecule has 1 heterocycles. The van der Waals surface area contributed by atoms with Gasteiger partial charge in [-0.2, -0.15) is 0 Å². The van der Waals surface area contributed by atoms with Gasteiger partial charge < -0.3 is 10.1 Å². The van der Waals surface area contributed by atoms with Crippen molar-refractivity contribution in [3.63, 3.8) is 0 Å². The first-order chi connectivity index (χ1) is 7.66. The largest absolute Gasteiger partial charge is 0.368 e. The molecule has 1 N–H and O–H groups in total. The van der Waals surface area contributed by atoms with Crippen molar-refractivity contribution in [2.45, 2.75) is 25.9 Å². The van der Waals surface area contributed by atoms with Crippen molar-refractivity contribution >= 4 is 27.5 Å². The number of halogens is 1. The minimum absolute atomic E-state index is 0.0520. The topological polar surface area (TPSA) is 38.3 Å². The maximum atomic E-state index is 11.8. The zero-order chi connectivity index (χ0) is 11.5. The molecule has 86 valence electrons. The van der Waals surface area contributed by atoms with Gasteiger partial charge in [0.1, 0.15) is 6.10 Å². The van der Waals surface area contributed by atoms with E-state index in [9.17, 15) is 4.79 Å². The summed E-state index contributed by atoms with van der Waals surface area (Å²) in [7, 11) is 0. The third kappa shape index (κ3) is 2.62. The Morgan fingerprint density at radius 3 is 3.06 bits per heavy atom. The molecule has 2 rings (SSSR count). The lowest BCUT2D eigenvalue weighted by Crippen LogP contribution is -2.27. The van der Waals surface area contributed by atoms with Crippen molar-refractivity contribution in [2.24, 2.45) is 0 Å². The fourth-order valence-electron chi connectivity index (χ4n) is 1.73. The van der Waals surface area contributed by atoms with Gasteiger partial charge in [0, 0.05) is 11.1 Å². The molecule has 1 amide bonds. The second kappa shape index (κ2) is 4.97. The highest BCUT2D eigenvalue weighted by Gasteiger charge is 2.23. The monoisotopic (exact) mass is 283 g/mol. The number of anilines is 1. The number of hydrogen-bond donors (Lipinski definition) is 1. The number of nitrogens with one attached hydrogen (secondary N) is 1. The summed E-state index contributed by atoms with van der Waals surface area (Å²) in [5.41, 5.74) is 1.92. The number of ether oxygens (including phenoxy) is 1. The van der Waals surface area contributed by atoms with Crippen LogP contribution in [0.2, 0.25) is 0 Å². The Hall–Kier alpha value is -0.870. The van der Waals surface area contributed by atoms with Crippen molar-refractivity contribution in [1.29, 1.82) is 0 Å². The van der Waals surface area contributed by atoms with E-state index in [2.05, 4.69) is 21.2 Å². The zero-order valence-corrected chi connectivity index (χ0v) is 10.7. The second-order valence-electron chi connectivity index (χ2n) is 3.97. The minimum atomic E-state index is -0.285. The van der Waals surface area contributed by atoms with Crippen LogP contribution in [-0.4, -0.2) is 18.6 Å². The standard InChI is InChI=1S/C12H14BrNO2/c1-8-4-5-9(13)10(7-8)14-12(15)11-3-2-6-16-11/h4-5,7,11H,2-3,6H2,1H3,(H,14,15)/t11-/m0/s1. The van der Waals surface area contributed by atoms with E-state index in [1.807, 2.05) is 25.1 Å². The summed E-state index contributed by atoms with van der Waals surface area (Å²) in [5, 5.41) is 2.88. The summed E-state index contributed by atoms with van der Waals surface area (Å²) in [4.78, 5) is 11.8. The number of hydrogen-bond acceptors (Lipinski definition) is 2. The van der Waals surface area contributed by atoms with E-state index in [-0.39, 0.29) is 12.0 Å². The molecule has 0 saturated carbocycles. The van der Waals surface area contributed by atoms with E-state index in [0.717, 1.165) is 28.6 Å². The molecule has 16 heavy (non-hydrogen) atoms. The van der Waals surface area contributed by atoms with Crippen molar-refractivity contribution in [2.75, 3.05) is 11.9 Å². The number of benzene rings is 1. The van der Waals surface area contributed by atoms with Crippen LogP contribution < -0.4 is 5.32 Å². The Morgan fingerprint density at radius 2 is 2.38 bits per heavy atom. The molecule has 0 aliphatic carbocycles. The van der Waals surface area contributed by atoms with E-state index in [1.54, 1.807) is 0 Å². The van der Waals surface area contributed by atoms with Crippen LogP contribution >= 0.6 is 15.9 Å². The highest BCUT2D eigenvalue weighted by Crippen LogP contribution is 2.24. The predicted octanol–water partition coefficient (Wildman–Crippen LogP) is 2.88. The SMILES string of the molecule is Cc1ccc(Br)c(NC(=O)[C@@H]2CCCO2)c1. The van der Waals surface area contributed by atoms with Crippen LogP contribution in [0.1, 0.15) is 18.4 Å². The Kier molecular flexibility index (Phi) is 3.61. The van der Waals surface area contributed by atoms with E-state index in [1.165, 1.54) is 0 Å². The lowest BCUT2D eigenvalue weighted by atomic mass is 10.2. The molecule has 4 heteroatoms. The van der Waals surface area contributed by atoms with Gasteiger partial charge in [0.05, 0.1) is 5.69 Å². The first kappa shape index (κ1) is 11.6. The first-order valence-corrected chi connectivity index (χ1v) is 6.15. The fraction of sp³-hybridized carbons (Fsp3) is 0.417. The molecule has 1 atom stereocenters. The van der Waals surface area contributed by atoms with Crippen LogP contribution in [0.25, 0.3) is 0 Å². The molecule has 3 nitrogen and oxygen atoms in total. The van der Waals surface area contributed by atoms with Crippen molar-refractivity contribution in [1.82, 2.24) is 0 Å². The third-order valence-corrected chi connectivity index (χ3v) is 3.29. The molecule has 0 radical (unpaired) electrons. The molecule has 1 saturated heterocycles. The molecule has 1 aliphatic rings. The summed E-state index contributed by atoms with van der Waals surface area (Å²) in [6.07, 6.45) is 1.50. The molecule has 1 aromatic carbocycles. The van der Waals surface area contributed by atoms with Crippen LogP contribution in [-0.2, 0) is 9.53 Å².